The second-order valence-corrected chi connectivity index (χ2v) is 6.18. The Morgan fingerprint density at radius 1 is 1.35 bits per heavy atom. The van der Waals surface area contributed by atoms with Gasteiger partial charge >= 0.3 is 6.03 Å². The zero-order valence-electron chi connectivity index (χ0n) is 13.6. The second-order valence-electron chi connectivity index (χ2n) is 6.18. The summed E-state index contributed by atoms with van der Waals surface area (Å²) in [5.41, 5.74) is 2.17. The molecule has 0 atom stereocenters. The highest BCUT2D eigenvalue weighted by Gasteiger charge is 2.26. The highest BCUT2D eigenvalue weighted by Crippen LogP contribution is 2.29. The first-order valence-corrected chi connectivity index (χ1v) is 8.36. The molecule has 0 aliphatic heterocycles. The van der Waals surface area contributed by atoms with Crippen LogP contribution in [0.4, 0.5) is 4.79 Å². The van der Waals surface area contributed by atoms with Crippen molar-refractivity contribution >= 4 is 6.03 Å². The molecule has 5 nitrogen and oxygen atoms in total. The summed E-state index contributed by atoms with van der Waals surface area (Å²) in [6.07, 6.45) is 8.98. The fraction of sp³-hybridized carbons (Fsp3) is 0.444. The summed E-state index contributed by atoms with van der Waals surface area (Å²) in [5.74, 6) is 0.724. The number of carbonyl (C=O) groups excluding carboxylic acids is 1. The molecule has 1 aliphatic carbocycles. The van der Waals surface area contributed by atoms with E-state index in [1.54, 1.807) is 12.5 Å². The number of carbonyl (C=O) groups is 1. The van der Waals surface area contributed by atoms with E-state index in [1.807, 2.05) is 39.9 Å². The van der Waals surface area contributed by atoms with Crippen molar-refractivity contribution in [1.29, 1.82) is 0 Å². The first-order chi connectivity index (χ1) is 11.3. The SMILES string of the molecule is CCCN(CC1CC1)C(=O)NCc1ccc(-n2ccnc2)cc1. The van der Waals surface area contributed by atoms with Crippen molar-refractivity contribution in [1.82, 2.24) is 19.8 Å². The van der Waals surface area contributed by atoms with Crippen LogP contribution in [0.25, 0.3) is 5.69 Å². The van der Waals surface area contributed by atoms with Gasteiger partial charge in [0.25, 0.3) is 0 Å². The van der Waals surface area contributed by atoms with Gasteiger partial charge in [0.2, 0.25) is 0 Å². The molecule has 1 saturated carbocycles. The molecular formula is C18H24N4O. The van der Waals surface area contributed by atoms with E-state index in [0.717, 1.165) is 36.7 Å². The average Bonchev–Trinajstić information content (AvgIpc) is 3.22. The van der Waals surface area contributed by atoms with Crippen LogP contribution in [-0.2, 0) is 6.54 Å². The van der Waals surface area contributed by atoms with Crippen molar-refractivity contribution in [3.05, 3.63) is 48.5 Å². The van der Waals surface area contributed by atoms with Gasteiger partial charge in [0.05, 0.1) is 6.33 Å². The maximum Gasteiger partial charge on any atom is 0.317 e. The lowest BCUT2D eigenvalue weighted by atomic mass is 10.2. The topological polar surface area (TPSA) is 50.2 Å². The van der Waals surface area contributed by atoms with Crippen molar-refractivity contribution in [3.63, 3.8) is 0 Å². The molecular weight excluding hydrogens is 288 g/mol. The molecule has 1 aliphatic rings. The lowest BCUT2D eigenvalue weighted by Gasteiger charge is -2.22. The van der Waals surface area contributed by atoms with Gasteiger partial charge in [0, 0.05) is 37.7 Å². The second kappa shape index (κ2) is 7.31. The number of amides is 2. The van der Waals surface area contributed by atoms with Crippen LogP contribution in [0.5, 0.6) is 0 Å². The van der Waals surface area contributed by atoms with Crippen molar-refractivity contribution in [3.8, 4) is 5.69 Å². The van der Waals surface area contributed by atoms with Gasteiger partial charge < -0.3 is 14.8 Å². The third-order valence-corrected chi connectivity index (χ3v) is 4.14. The molecule has 0 bridgehead atoms. The highest BCUT2D eigenvalue weighted by molar-refractivity contribution is 5.74. The minimum atomic E-state index is 0.0532. The molecule has 0 saturated heterocycles. The Kier molecular flexibility index (Phi) is 4.95. The van der Waals surface area contributed by atoms with Crippen molar-refractivity contribution in [2.24, 2.45) is 5.92 Å². The molecule has 122 valence electrons. The predicted octanol–water partition coefficient (Wildman–Crippen LogP) is 3.20. The summed E-state index contributed by atoms with van der Waals surface area (Å²) in [4.78, 5) is 18.3. The molecule has 0 spiro atoms. The molecule has 3 rings (SSSR count). The average molecular weight is 312 g/mol. The van der Waals surface area contributed by atoms with Crippen LogP contribution in [0.1, 0.15) is 31.7 Å². The number of benzene rings is 1. The Morgan fingerprint density at radius 2 is 2.13 bits per heavy atom. The molecule has 0 unspecified atom stereocenters. The highest BCUT2D eigenvalue weighted by atomic mass is 16.2. The van der Waals surface area contributed by atoms with Crippen LogP contribution in [0.3, 0.4) is 0 Å². The number of urea groups is 1. The van der Waals surface area contributed by atoms with Gasteiger partial charge in [-0.1, -0.05) is 19.1 Å². The standard InChI is InChI=1S/C18H24N4O/c1-2-10-21(13-16-3-4-16)18(23)20-12-15-5-7-17(8-6-15)22-11-9-19-14-22/h5-9,11,14,16H,2-4,10,12-13H2,1H3,(H,20,23). The molecule has 2 amide bonds. The third-order valence-electron chi connectivity index (χ3n) is 4.14. The lowest BCUT2D eigenvalue weighted by Crippen LogP contribution is -2.41. The molecule has 1 aromatic heterocycles. The molecule has 1 aromatic carbocycles. The van der Waals surface area contributed by atoms with Gasteiger partial charge in [-0.2, -0.15) is 0 Å². The summed E-state index contributed by atoms with van der Waals surface area (Å²) in [5, 5.41) is 3.04. The van der Waals surface area contributed by atoms with E-state index in [0.29, 0.717) is 6.54 Å². The van der Waals surface area contributed by atoms with Gasteiger partial charge in [-0.25, -0.2) is 9.78 Å². The van der Waals surface area contributed by atoms with Crippen LogP contribution in [0.2, 0.25) is 0 Å². The molecule has 2 aromatic rings. The van der Waals surface area contributed by atoms with E-state index < -0.39 is 0 Å². The summed E-state index contributed by atoms with van der Waals surface area (Å²) < 4.78 is 1.96. The first-order valence-electron chi connectivity index (χ1n) is 8.36. The lowest BCUT2D eigenvalue weighted by molar-refractivity contribution is 0.195. The van der Waals surface area contributed by atoms with Crippen molar-refractivity contribution in [2.45, 2.75) is 32.7 Å². The Bertz CT molecular complexity index is 617. The summed E-state index contributed by atoms with van der Waals surface area (Å²) in [6, 6.07) is 8.22. The van der Waals surface area contributed by atoms with Gasteiger partial charge in [-0.15, -0.1) is 0 Å². The smallest absolute Gasteiger partial charge is 0.317 e. The monoisotopic (exact) mass is 312 g/mol. The van der Waals surface area contributed by atoms with Crippen molar-refractivity contribution < 1.29 is 4.79 Å². The maximum absolute atomic E-state index is 12.3. The maximum atomic E-state index is 12.3. The molecule has 1 N–H and O–H groups in total. The number of nitrogens with one attached hydrogen (secondary N) is 1. The van der Waals surface area contributed by atoms with Gasteiger partial charge in [0.15, 0.2) is 0 Å². The van der Waals surface area contributed by atoms with Gasteiger partial charge in [-0.3, -0.25) is 0 Å². The summed E-state index contributed by atoms with van der Waals surface area (Å²) >= 11 is 0. The number of nitrogens with zero attached hydrogens (tertiary/aromatic N) is 3. The van der Waals surface area contributed by atoms with E-state index in [9.17, 15) is 4.79 Å². The zero-order chi connectivity index (χ0) is 16.1. The molecule has 5 heteroatoms. The number of imidazole rings is 1. The van der Waals surface area contributed by atoms with Crippen LogP contribution < -0.4 is 5.32 Å². The largest absolute Gasteiger partial charge is 0.334 e. The number of rotatable bonds is 7. The van der Waals surface area contributed by atoms with Crippen LogP contribution >= 0.6 is 0 Å². The minimum Gasteiger partial charge on any atom is -0.334 e. The summed E-state index contributed by atoms with van der Waals surface area (Å²) in [7, 11) is 0. The molecule has 1 fully saturated rings. The Balaban J connectivity index is 1.53. The summed E-state index contributed by atoms with van der Waals surface area (Å²) in [6.45, 7) is 4.41. The van der Waals surface area contributed by atoms with E-state index in [1.165, 1.54) is 12.8 Å². The van der Waals surface area contributed by atoms with E-state index >= 15 is 0 Å². The number of aromatic nitrogens is 2. The Morgan fingerprint density at radius 3 is 2.74 bits per heavy atom. The van der Waals surface area contributed by atoms with Crippen LogP contribution in [0.15, 0.2) is 43.0 Å². The zero-order valence-corrected chi connectivity index (χ0v) is 13.6. The van der Waals surface area contributed by atoms with Crippen LogP contribution in [0, 0.1) is 5.92 Å². The minimum absolute atomic E-state index is 0.0532. The van der Waals surface area contributed by atoms with Gasteiger partial charge in [-0.05, 0) is 42.9 Å². The molecule has 0 radical (unpaired) electrons. The molecule has 23 heavy (non-hydrogen) atoms. The van der Waals surface area contributed by atoms with E-state index in [4.69, 9.17) is 0 Å². The Hall–Kier alpha value is -2.30. The van der Waals surface area contributed by atoms with Gasteiger partial charge in [0.1, 0.15) is 0 Å². The molecule has 1 heterocycles. The normalized spacial score (nSPS) is 13.8. The van der Waals surface area contributed by atoms with E-state index in [-0.39, 0.29) is 6.03 Å². The third kappa shape index (κ3) is 4.34. The predicted molar refractivity (Wildman–Crippen MR) is 90.4 cm³/mol. The number of hydrogen-bond donors (Lipinski definition) is 1. The van der Waals surface area contributed by atoms with E-state index in [2.05, 4.69) is 17.2 Å². The van der Waals surface area contributed by atoms with Crippen molar-refractivity contribution in [2.75, 3.05) is 13.1 Å². The number of hydrogen-bond acceptors (Lipinski definition) is 2. The Labute approximate surface area is 137 Å². The quantitative estimate of drug-likeness (QED) is 0.853. The fourth-order valence-corrected chi connectivity index (χ4v) is 2.65. The van der Waals surface area contributed by atoms with Crippen LogP contribution in [-0.4, -0.2) is 33.6 Å². The first kappa shape index (κ1) is 15.6. The fourth-order valence-electron chi connectivity index (χ4n) is 2.65.